The van der Waals surface area contributed by atoms with Gasteiger partial charge >= 0.3 is 6.03 Å². The van der Waals surface area contributed by atoms with E-state index in [9.17, 15) is 9.59 Å². The van der Waals surface area contributed by atoms with Crippen LogP contribution in [0, 0.1) is 6.92 Å². The van der Waals surface area contributed by atoms with Crippen LogP contribution < -0.4 is 24.8 Å². The van der Waals surface area contributed by atoms with Crippen molar-refractivity contribution in [3.8, 4) is 5.75 Å². The van der Waals surface area contributed by atoms with E-state index in [2.05, 4.69) is 46.2 Å². The molecule has 3 aliphatic rings. The average Bonchev–Trinajstić information content (AvgIpc) is 3.51. The fourth-order valence-corrected chi connectivity index (χ4v) is 6.59. The molecule has 2 fully saturated rings. The zero-order valence-corrected chi connectivity index (χ0v) is 26.5. The summed E-state index contributed by atoms with van der Waals surface area (Å²) < 4.78 is 5.42. The van der Waals surface area contributed by atoms with Gasteiger partial charge in [0.2, 0.25) is 11.9 Å². The lowest BCUT2D eigenvalue weighted by Crippen LogP contribution is -2.53. The number of methoxy groups -OCH3 is 1. The minimum Gasteiger partial charge on any atom is -0.495 e. The van der Waals surface area contributed by atoms with Crippen molar-refractivity contribution in [2.75, 3.05) is 73.4 Å². The molecule has 3 aromatic rings. The molecular weight excluding hydrogens is 580 g/mol. The Morgan fingerprint density at radius 1 is 1.11 bits per heavy atom. The number of anilines is 5. The van der Waals surface area contributed by atoms with E-state index < -0.39 is 0 Å². The van der Waals surface area contributed by atoms with Crippen LogP contribution in [0.3, 0.4) is 0 Å². The number of hydrogen-bond donors (Lipinski definition) is 1. The number of piperazine rings is 1. The van der Waals surface area contributed by atoms with Gasteiger partial charge in [0.25, 0.3) is 0 Å². The topological polar surface area (TPSA) is 97.4 Å². The number of ether oxygens (including phenoxy) is 1. The summed E-state index contributed by atoms with van der Waals surface area (Å²) >= 11 is 6.68. The van der Waals surface area contributed by atoms with Gasteiger partial charge in [0.1, 0.15) is 16.6 Å². The van der Waals surface area contributed by atoms with Gasteiger partial charge in [0.15, 0.2) is 0 Å². The standard InChI is InChI=1S/C32H39ClN8O3/c1-5-28(42)39-12-11-24(20-39)41-30-22(19-40(32(41)43)26-7-6-8-27(44-4)29(26)33)18-34-31(36-30)35-23-9-10-25(21(2)17-23)38-15-13-37(3)14-16-38/h6-10,17-18,24H,5,11-16,19-20H2,1-4H3,(H,34,35,36)/t24-/m0/s1. The average molecular weight is 619 g/mol. The Kier molecular flexibility index (Phi) is 8.50. The van der Waals surface area contributed by atoms with Crippen molar-refractivity contribution >= 4 is 52.4 Å². The number of nitrogens with one attached hydrogen (secondary N) is 1. The number of hydrogen-bond acceptors (Lipinski definition) is 8. The first-order valence-electron chi connectivity index (χ1n) is 15.2. The van der Waals surface area contributed by atoms with Crippen molar-refractivity contribution in [3.05, 3.63) is 58.7 Å². The zero-order chi connectivity index (χ0) is 31.0. The summed E-state index contributed by atoms with van der Waals surface area (Å²) in [5.41, 5.74) is 4.61. The van der Waals surface area contributed by atoms with Crippen LogP contribution in [0.4, 0.5) is 33.6 Å². The Balaban J connectivity index is 1.31. The molecule has 1 N–H and O–H groups in total. The van der Waals surface area contributed by atoms with Crippen molar-refractivity contribution in [1.29, 1.82) is 0 Å². The van der Waals surface area contributed by atoms with E-state index in [4.69, 9.17) is 21.3 Å². The number of nitrogens with zero attached hydrogens (tertiary/aromatic N) is 7. The lowest BCUT2D eigenvalue weighted by atomic mass is 10.1. The molecule has 0 bridgehead atoms. The number of likely N-dealkylation sites (N-methyl/N-ethyl adjacent to an activating group) is 1. The van der Waals surface area contributed by atoms with E-state index in [1.807, 2.05) is 24.0 Å². The minimum atomic E-state index is -0.250. The summed E-state index contributed by atoms with van der Waals surface area (Å²) in [7, 11) is 3.70. The fraction of sp³-hybridized carbons (Fsp3) is 0.438. The molecule has 0 spiro atoms. The van der Waals surface area contributed by atoms with Crippen LogP contribution in [-0.4, -0.2) is 91.2 Å². The van der Waals surface area contributed by atoms with Crippen LogP contribution in [0.5, 0.6) is 5.75 Å². The number of benzene rings is 2. The number of aromatic nitrogens is 2. The summed E-state index contributed by atoms with van der Waals surface area (Å²) in [5, 5.41) is 3.72. The van der Waals surface area contributed by atoms with Gasteiger partial charge in [-0.1, -0.05) is 24.6 Å². The molecule has 11 nitrogen and oxygen atoms in total. The number of carbonyl (C=O) groups excluding carboxylic acids is 2. The van der Waals surface area contributed by atoms with Crippen LogP contribution >= 0.6 is 11.6 Å². The van der Waals surface area contributed by atoms with E-state index in [0.29, 0.717) is 54.2 Å². The molecule has 3 amide bonds. The highest BCUT2D eigenvalue weighted by Crippen LogP contribution is 2.40. The van der Waals surface area contributed by atoms with Gasteiger partial charge < -0.3 is 24.8 Å². The number of likely N-dealkylation sites (tertiary alicyclic amines) is 1. The molecule has 1 aromatic heterocycles. The molecule has 4 heterocycles. The predicted molar refractivity (Wildman–Crippen MR) is 174 cm³/mol. The van der Waals surface area contributed by atoms with E-state index >= 15 is 0 Å². The van der Waals surface area contributed by atoms with Gasteiger partial charge in [-0.3, -0.25) is 14.6 Å². The molecule has 44 heavy (non-hydrogen) atoms. The number of halogens is 1. The lowest BCUT2D eigenvalue weighted by molar-refractivity contribution is -0.129. The SMILES string of the molecule is CCC(=O)N1CC[C@H](N2C(=O)N(c3cccc(OC)c3Cl)Cc3cnc(Nc4ccc(N5CCN(C)CC5)c(C)c4)nc32)C1. The Bertz CT molecular complexity index is 1560. The third-order valence-corrected chi connectivity index (χ3v) is 9.15. The van der Waals surface area contributed by atoms with Crippen LogP contribution in [0.15, 0.2) is 42.6 Å². The van der Waals surface area contributed by atoms with Crippen LogP contribution in [0.25, 0.3) is 0 Å². The molecule has 232 valence electrons. The third-order valence-electron chi connectivity index (χ3n) is 8.77. The molecule has 2 saturated heterocycles. The van der Waals surface area contributed by atoms with Crippen molar-refractivity contribution in [3.63, 3.8) is 0 Å². The molecule has 0 radical (unpaired) electrons. The first kappa shape index (κ1) is 30.0. The number of urea groups is 1. The molecule has 3 aliphatic heterocycles. The van der Waals surface area contributed by atoms with Gasteiger partial charge in [-0.2, -0.15) is 4.98 Å². The summed E-state index contributed by atoms with van der Waals surface area (Å²) in [6.45, 7) is 9.35. The number of carbonyl (C=O) groups is 2. The summed E-state index contributed by atoms with van der Waals surface area (Å²) in [5.74, 6) is 1.51. The quantitative estimate of drug-likeness (QED) is 0.399. The summed E-state index contributed by atoms with van der Waals surface area (Å²) in [6, 6.07) is 11.2. The first-order chi connectivity index (χ1) is 21.3. The molecule has 1 atom stereocenters. The smallest absolute Gasteiger partial charge is 0.330 e. The van der Waals surface area contributed by atoms with Crippen LogP contribution in [0.2, 0.25) is 5.02 Å². The lowest BCUT2D eigenvalue weighted by Gasteiger charge is -2.39. The highest BCUT2D eigenvalue weighted by atomic mass is 35.5. The van der Waals surface area contributed by atoms with E-state index in [1.165, 1.54) is 11.3 Å². The number of fused-ring (bicyclic) bond motifs is 1. The second kappa shape index (κ2) is 12.5. The fourth-order valence-electron chi connectivity index (χ4n) is 6.29. The summed E-state index contributed by atoms with van der Waals surface area (Å²) in [4.78, 5) is 46.3. The minimum absolute atomic E-state index is 0.0744. The molecule has 2 aromatic carbocycles. The number of aryl methyl sites for hydroxylation is 1. The molecule has 12 heteroatoms. The van der Waals surface area contributed by atoms with Gasteiger partial charge in [0, 0.05) is 68.8 Å². The third kappa shape index (κ3) is 5.73. The Labute approximate surface area is 263 Å². The largest absolute Gasteiger partial charge is 0.495 e. The molecule has 0 saturated carbocycles. The van der Waals surface area contributed by atoms with E-state index in [1.54, 1.807) is 35.2 Å². The van der Waals surface area contributed by atoms with Gasteiger partial charge in [0.05, 0.1) is 25.4 Å². The van der Waals surface area contributed by atoms with E-state index in [-0.39, 0.29) is 24.5 Å². The highest BCUT2D eigenvalue weighted by Gasteiger charge is 2.41. The van der Waals surface area contributed by atoms with Gasteiger partial charge in [-0.25, -0.2) is 9.78 Å². The second-order valence-corrected chi connectivity index (χ2v) is 12.0. The van der Waals surface area contributed by atoms with Crippen molar-refractivity contribution in [2.45, 2.75) is 39.3 Å². The summed E-state index contributed by atoms with van der Waals surface area (Å²) in [6.07, 6.45) is 2.84. The zero-order valence-electron chi connectivity index (χ0n) is 25.7. The monoisotopic (exact) mass is 618 g/mol. The maximum absolute atomic E-state index is 14.3. The number of rotatable bonds is 7. The normalized spacial score (nSPS) is 18.9. The molecule has 0 unspecified atom stereocenters. The number of amides is 3. The Morgan fingerprint density at radius 2 is 1.91 bits per heavy atom. The highest BCUT2D eigenvalue weighted by molar-refractivity contribution is 6.35. The second-order valence-electron chi connectivity index (χ2n) is 11.6. The van der Waals surface area contributed by atoms with Crippen LogP contribution in [0.1, 0.15) is 30.9 Å². The van der Waals surface area contributed by atoms with E-state index in [0.717, 1.165) is 37.4 Å². The van der Waals surface area contributed by atoms with Crippen LogP contribution in [-0.2, 0) is 11.3 Å². The maximum atomic E-state index is 14.3. The molecule has 0 aliphatic carbocycles. The first-order valence-corrected chi connectivity index (χ1v) is 15.5. The van der Waals surface area contributed by atoms with Gasteiger partial charge in [-0.15, -0.1) is 0 Å². The van der Waals surface area contributed by atoms with Crippen molar-refractivity contribution in [2.24, 2.45) is 0 Å². The predicted octanol–water partition coefficient (Wildman–Crippen LogP) is 4.90. The van der Waals surface area contributed by atoms with Crippen molar-refractivity contribution in [1.82, 2.24) is 19.8 Å². The Morgan fingerprint density at radius 3 is 2.64 bits per heavy atom. The van der Waals surface area contributed by atoms with Crippen molar-refractivity contribution < 1.29 is 14.3 Å². The Hall–Kier alpha value is -4.09. The maximum Gasteiger partial charge on any atom is 0.330 e. The molecule has 6 rings (SSSR count). The molecular formula is C32H39ClN8O3. The van der Waals surface area contributed by atoms with Gasteiger partial charge in [-0.05, 0) is 56.3 Å².